The van der Waals surface area contributed by atoms with E-state index >= 15 is 0 Å². The molecule has 4 atom stereocenters. The molecule has 11 nitrogen and oxygen atoms in total. The lowest BCUT2D eigenvalue weighted by Crippen LogP contribution is -2.56. The van der Waals surface area contributed by atoms with E-state index < -0.39 is 53.8 Å². The lowest BCUT2D eigenvalue weighted by molar-refractivity contribution is -0.142. The van der Waals surface area contributed by atoms with Gasteiger partial charge in [0.15, 0.2) is 0 Å². The van der Waals surface area contributed by atoms with E-state index in [0.29, 0.717) is 12.2 Å². The van der Waals surface area contributed by atoms with E-state index in [4.69, 9.17) is 10.8 Å². The second-order valence-corrected chi connectivity index (χ2v) is 8.63. The van der Waals surface area contributed by atoms with Gasteiger partial charge in [0.25, 0.3) is 0 Å². The van der Waals surface area contributed by atoms with Gasteiger partial charge in [0.05, 0.1) is 6.04 Å². The molecule has 178 valence electrons. The molecule has 0 saturated carbocycles. The number of carboxylic acid groups (broad SMARTS) is 2. The highest BCUT2D eigenvalue weighted by Gasteiger charge is 2.28. The molecular weight excluding hydrogens is 428 g/mol. The van der Waals surface area contributed by atoms with Gasteiger partial charge in [-0.1, -0.05) is 13.8 Å². The molecule has 31 heavy (non-hydrogen) atoms. The topological polar surface area (TPSA) is 188 Å². The second kappa shape index (κ2) is 14.6. The number of thioether (sulfide) groups is 1. The van der Waals surface area contributed by atoms with E-state index in [1.54, 1.807) is 0 Å². The number of carbonyl (C=O) groups excluding carboxylic acids is 3. The minimum absolute atomic E-state index is 0.0252. The molecule has 0 aromatic rings. The standard InChI is InChI=1S/C19H34N4O7S/c1-10(2)9-14(19(29)30)23-16(26)11(3)21-18(28)13(5-6-15(24)25)22-17(27)12(20)7-8-31-4/h10-14H,5-9,20H2,1-4H3,(H,21,28)(H,22,27)(H,23,26)(H,24,25)(H,29,30). The summed E-state index contributed by atoms with van der Waals surface area (Å²) in [7, 11) is 0. The summed E-state index contributed by atoms with van der Waals surface area (Å²) < 4.78 is 0. The van der Waals surface area contributed by atoms with Crippen molar-refractivity contribution in [1.29, 1.82) is 0 Å². The lowest BCUT2D eigenvalue weighted by atomic mass is 10.0. The predicted molar refractivity (Wildman–Crippen MR) is 116 cm³/mol. The van der Waals surface area contributed by atoms with Crippen molar-refractivity contribution in [2.45, 2.75) is 70.6 Å². The molecule has 0 aliphatic carbocycles. The Balaban J connectivity index is 5.08. The van der Waals surface area contributed by atoms with E-state index in [0.717, 1.165) is 0 Å². The Kier molecular flexibility index (Phi) is 13.5. The second-order valence-electron chi connectivity index (χ2n) is 7.64. The number of hydrogen-bond donors (Lipinski definition) is 6. The van der Waals surface area contributed by atoms with Crippen LogP contribution in [0, 0.1) is 5.92 Å². The third-order valence-corrected chi connectivity index (χ3v) is 4.97. The van der Waals surface area contributed by atoms with Gasteiger partial charge in [0.1, 0.15) is 18.1 Å². The molecule has 0 aromatic carbocycles. The molecule has 0 spiro atoms. The fraction of sp³-hybridized carbons (Fsp3) is 0.737. The minimum Gasteiger partial charge on any atom is -0.481 e. The van der Waals surface area contributed by atoms with E-state index in [-0.39, 0.29) is 25.2 Å². The van der Waals surface area contributed by atoms with Crippen molar-refractivity contribution >= 4 is 41.4 Å². The van der Waals surface area contributed by atoms with Gasteiger partial charge < -0.3 is 31.9 Å². The fourth-order valence-electron chi connectivity index (χ4n) is 2.56. The van der Waals surface area contributed by atoms with Crippen molar-refractivity contribution in [3.8, 4) is 0 Å². The Morgan fingerprint density at radius 1 is 0.871 bits per heavy atom. The van der Waals surface area contributed by atoms with Crippen molar-refractivity contribution in [3.63, 3.8) is 0 Å². The maximum atomic E-state index is 12.6. The zero-order valence-electron chi connectivity index (χ0n) is 18.3. The van der Waals surface area contributed by atoms with Crippen molar-refractivity contribution in [3.05, 3.63) is 0 Å². The largest absolute Gasteiger partial charge is 0.481 e. The van der Waals surface area contributed by atoms with Crippen LogP contribution in [-0.4, -0.2) is 76.0 Å². The van der Waals surface area contributed by atoms with E-state index in [2.05, 4.69) is 16.0 Å². The monoisotopic (exact) mass is 462 g/mol. The highest BCUT2D eigenvalue weighted by molar-refractivity contribution is 7.98. The van der Waals surface area contributed by atoms with Crippen LogP contribution >= 0.6 is 11.8 Å². The zero-order valence-corrected chi connectivity index (χ0v) is 19.2. The molecule has 0 aromatic heterocycles. The third-order valence-electron chi connectivity index (χ3n) is 4.32. The molecule has 3 amide bonds. The van der Waals surface area contributed by atoms with Crippen LogP contribution in [0.5, 0.6) is 0 Å². The normalized spacial score (nSPS) is 14.8. The Morgan fingerprint density at radius 2 is 1.45 bits per heavy atom. The highest BCUT2D eigenvalue weighted by Crippen LogP contribution is 2.06. The van der Waals surface area contributed by atoms with Crippen LogP contribution in [0.1, 0.15) is 46.5 Å². The number of nitrogens with one attached hydrogen (secondary N) is 3. The van der Waals surface area contributed by atoms with Crippen molar-refractivity contribution in [2.75, 3.05) is 12.0 Å². The van der Waals surface area contributed by atoms with Gasteiger partial charge in [0, 0.05) is 6.42 Å². The molecule has 0 saturated heterocycles. The maximum absolute atomic E-state index is 12.6. The quantitative estimate of drug-likeness (QED) is 0.187. The summed E-state index contributed by atoms with van der Waals surface area (Å²) in [6.07, 6.45) is 1.88. The first-order chi connectivity index (χ1) is 14.4. The Hall–Kier alpha value is -2.34. The Labute approximate surface area is 186 Å². The van der Waals surface area contributed by atoms with Crippen molar-refractivity contribution in [2.24, 2.45) is 11.7 Å². The average Bonchev–Trinajstić information content (AvgIpc) is 2.67. The molecule has 0 fully saturated rings. The first-order valence-electron chi connectivity index (χ1n) is 9.99. The zero-order chi connectivity index (χ0) is 24.1. The molecule has 12 heteroatoms. The number of hydrogen-bond acceptors (Lipinski definition) is 7. The Morgan fingerprint density at radius 3 is 1.94 bits per heavy atom. The van der Waals surface area contributed by atoms with Gasteiger partial charge in [-0.25, -0.2) is 4.79 Å². The summed E-state index contributed by atoms with van der Waals surface area (Å²) in [5.74, 6) is -3.74. The van der Waals surface area contributed by atoms with Crippen LogP contribution < -0.4 is 21.7 Å². The maximum Gasteiger partial charge on any atom is 0.326 e. The van der Waals surface area contributed by atoms with E-state index in [1.807, 2.05) is 20.1 Å². The van der Waals surface area contributed by atoms with Crippen LogP contribution in [0.4, 0.5) is 0 Å². The number of amides is 3. The van der Waals surface area contributed by atoms with E-state index in [9.17, 15) is 29.1 Å². The molecule has 0 heterocycles. The average molecular weight is 463 g/mol. The molecule has 0 aliphatic heterocycles. The van der Waals surface area contributed by atoms with Crippen molar-refractivity contribution in [1.82, 2.24) is 16.0 Å². The molecule has 7 N–H and O–H groups in total. The molecule has 0 bridgehead atoms. The van der Waals surface area contributed by atoms with Crippen molar-refractivity contribution < 1.29 is 34.2 Å². The number of nitrogens with two attached hydrogens (primary N) is 1. The molecule has 0 radical (unpaired) electrons. The van der Waals surface area contributed by atoms with Crippen LogP contribution in [0.15, 0.2) is 0 Å². The first-order valence-corrected chi connectivity index (χ1v) is 11.4. The summed E-state index contributed by atoms with van der Waals surface area (Å²) in [5, 5.41) is 25.3. The van der Waals surface area contributed by atoms with Crippen LogP contribution in [-0.2, 0) is 24.0 Å². The summed E-state index contributed by atoms with van der Waals surface area (Å²) in [6.45, 7) is 4.99. The predicted octanol–water partition coefficient (Wildman–Crippen LogP) is -0.463. The molecular formula is C19H34N4O7S. The van der Waals surface area contributed by atoms with Gasteiger partial charge in [-0.3, -0.25) is 19.2 Å². The third kappa shape index (κ3) is 12.2. The molecule has 0 rings (SSSR count). The van der Waals surface area contributed by atoms with Crippen LogP contribution in [0.3, 0.4) is 0 Å². The van der Waals surface area contributed by atoms with Gasteiger partial charge in [-0.15, -0.1) is 0 Å². The SMILES string of the molecule is CSCCC(N)C(=O)NC(CCC(=O)O)C(=O)NC(C)C(=O)NC(CC(C)C)C(=O)O. The number of carboxylic acids is 2. The van der Waals surface area contributed by atoms with Crippen LogP contribution in [0.2, 0.25) is 0 Å². The number of carbonyl (C=O) groups is 5. The van der Waals surface area contributed by atoms with Gasteiger partial charge in [0.2, 0.25) is 17.7 Å². The van der Waals surface area contributed by atoms with Gasteiger partial charge in [-0.05, 0) is 44.1 Å². The van der Waals surface area contributed by atoms with Crippen LogP contribution in [0.25, 0.3) is 0 Å². The highest BCUT2D eigenvalue weighted by atomic mass is 32.2. The molecule has 4 unspecified atom stereocenters. The minimum atomic E-state index is -1.20. The van der Waals surface area contributed by atoms with Gasteiger partial charge >= 0.3 is 11.9 Å². The fourth-order valence-corrected chi connectivity index (χ4v) is 3.05. The van der Waals surface area contributed by atoms with Gasteiger partial charge in [-0.2, -0.15) is 11.8 Å². The number of aliphatic carboxylic acids is 2. The summed E-state index contributed by atoms with van der Waals surface area (Å²) in [5.41, 5.74) is 5.79. The smallest absolute Gasteiger partial charge is 0.326 e. The molecule has 0 aliphatic rings. The summed E-state index contributed by atoms with van der Waals surface area (Å²) in [6, 6.07) is -4.27. The summed E-state index contributed by atoms with van der Waals surface area (Å²) in [4.78, 5) is 59.3. The number of rotatable bonds is 15. The summed E-state index contributed by atoms with van der Waals surface area (Å²) >= 11 is 1.51. The lowest BCUT2D eigenvalue weighted by Gasteiger charge is -2.23. The first kappa shape index (κ1) is 28.7. The van der Waals surface area contributed by atoms with E-state index in [1.165, 1.54) is 18.7 Å². The Bertz CT molecular complexity index is 645.